The lowest BCUT2D eigenvalue weighted by Gasteiger charge is -2.14. The molecule has 0 aliphatic carbocycles. The van der Waals surface area contributed by atoms with Gasteiger partial charge in [0, 0.05) is 10.4 Å². The molecule has 5 rings (SSSR count). The molecule has 11 heteroatoms. The molecular weight excluding hydrogens is 590 g/mol. The predicted molar refractivity (Wildman–Crippen MR) is 152 cm³/mol. The lowest BCUT2D eigenvalue weighted by molar-refractivity contribution is -0.142. The van der Waals surface area contributed by atoms with E-state index in [1.54, 1.807) is 60.7 Å². The summed E-state index contributed by atoms with van der Waals surface area (Å²) in [7, 11) is 1.28. The number of halogens is 2. The largest absolute Gasteiger partial charge is 0.490 e. The first kappa shape index (κ1) is 26.5. The van der Waals surface area contributed by atoms with E-state index < -0.39 is 5.97 Å². The van der Waals surface area contributed by atoms with Crippen LogP contribution >= 0.6 is 27.5 Å². The van der Waals surface area contributed by atoms with Crippen molar-refractivity contribution in [2.24, 2.45) is 5.10 Å². The van der Waals surface area contributed by atoms with Crippen molar-refractivity contribution in [1.82, 2.24) is 9.66 Å². The number of carbonyl (C=O) groups excluding carboxylic acids is 1. The molecule has 0 amide bonds. The number of aromatic nitrogens is 2. The van der Waals surface area contributed by atoms with Crippen molar-refractivity contribution >= 4 is 61.6 Å². The van der Waals surface area contributed by atoms with Gasteiger partial charge in [-0.3, -0.25) is 4.79 Å². The van der Waals surface area contributed by atoms with E-state index in [9.17, 15) is 9.59 Å². The maximum atomic E-state index is 13.5. The predicted octanol–water partition coefficient (Wildman–Crippen LogP) is 6.06. The SMILES string of the molecule is CCOc1cc(C=Nn2c(-c3cc4cc(Cl)ccc4o3)nc3ccccc3c2=O)cc(Br)c1OCC(=O)OC. The summed E-state index contributed by atoms with van der Waals surface area (Å²) in [6.45, 7) is 1.90. The molecule has 0 saturated heterocycles. The van der Waals surface area contributed by atoms with Crippen LogP contribution in [-0.4, -0.2) is 42.2 Å². The average molecular weight is 611 g/mol. The first-order valence-electron chi connectivity index (χ1n) is 11.8. The Bertz CT molecular complexity index is 1800. The van der Waals surface area contributed by atoms with Crippen LogP contribution in [-0.2, 0) is 9.53 Å². The van der Waals surface area contributed by atoms with Crippen LogP contribution in [0.25, 0.3) is 33.5 Å². The van der Waals surface area contributed by atoms with Gasteiger partial charge >= 0.3 is 5.97 Å². The second-order valence-electron chi connectivity index (χ2n) is 8.23. The monoisotopic (exact) mass is 609 g/mol. The molecule has 198 valence electrons. The van der Waals surface area contributed by atoms with E-state index in [1.165, 1.54) is 18.0 Å². The van der Waals surface area contributed by atoms with Gasteiger partial charge < -0.3 is 18.6 Å². The molecule has 2 aromatic heterocycles. The minimum absolute atomic E-state index is 0.226. The standard InChI is InChI=1S/C28H21BrClN3O6/c1-3-37-23-11-16(10-20(29)26(23)38-15-25(34)36-2)14-31-33-27(32-21-7-5-4-6-19(21)28(33)35)24-13-17-12-18(30)8-9-22(17)39-24/h4-14H,3,15H2,1-2H3. The fourth-order valence-electron chi connectivity index (χ4n) is 3.89. The summed E-state index contributed by atoms with van der Waals surface area (Å²) in [5.41, 5.74) is 1.33. The van der Waals surface area contributed by atoms with E-state index in [4.69, 9.17) is 25.5 Å². The quantitative estimate of drug-likeness (QED) is 0.155. The lowest BCUT2D eigenvalue weighted by atomic mass is 10.2. The molecule has 0 N–H and O–H groups in total. The molecule has 0 radical (unpaired) electrons. The van der Waals surface area contributed by atoms with Gasteiger partial charge in [-0.15, -0.1) is 0 Å². The van der Waals surface area contributed by atoms with Gasteiger partial charge in [-0.2, -0.15) is 9.78 Å². The maximum absolute atomic E-state index is 13.5. The van der Waals surface area contributed by atoms with Crippen LogP contribution in [0.15, 0.2) is 79.4 Å². The second kappa shape index (κ2) is 11.3. The van der Waals surface area contributed by atoms with Crippen LogP contribution in [0.3, 0.4) is 0 Å². The van der Waals surface area contributed by atoms with Crippen molar-refractivity contribution in [2.75, 3.05) is 20.3 Å². The van der Waals surface area contributed by atoms with Crippen molar-refractivity contribution < 1.29 is 23.4 Å². The number of carbonyl (C=O) groups is 1. The Morgan fingerprint density at radius 1 is 1.15 bits per heavy atom. The van der Waals surface area contributed by atoms with Crippen molar-refractivity contribution in [1.29, 1.82) is 0 Å². The number of ether oxygens (including phenoxy) is 3. The summed E-state index contributed by atoms with van der Waals surface area (Å²) in [6, 6.07) is 17.4. The molecule has 0 spiro atoms. The molecule has 2 heterocycles. The number of benzene rings is 3. The summed E-state index contributed by atoms with van der Waals surface area (Å²) < 4.78 is 23.7. The highest BCUT2D eigenvalue weighted by molar-refractivity contribution is 9.10. The number of furan rings is 1. The molecule has 0 bridgehead atoms. The number of methoxy groups -OCH3 is 1. The maximum Gasteiger partial charge on any atom is 0.343 e. The number of fused-ring (bicyclic) bond motifs is 2. The Morgan fingerprint density at radius 3 is 2.77 bits per heavy atom. The molecule has 0 fully saturated rings. The topological polar surface area (TPSA) is 105 Å². The van der Waals surface area contributed by atoms with Gasteiger partial charge in [-0.05, 0) is 76.9 Å². The molecule has 9 nitrogen and oxygen atoms in total. The number of nitrogens with zero attached hydrogens (tertiary/aromatic N) is 3. The van der Waals surface area contributed by atoms with Crippen LogP contribution in [0.2, 0.25) is 5.02 Å². The van der Waals surface area contributed by atoms with Crippen molar-refractivity contribution in [2.45, 2.75) is 6.92 Å². The summed E-state index contributed by atoms with van der Waals surface area (Å²) >= 11 is 9.61. The molecule has 5 aromatic rings. The van der Waals surface area contributed by atoms with Gasteiger partial charge in [0.05, 0.1) is 35.3 Å². The van der Waals surface area contributed by atoms with E-state index in [-0.39, 0.29) is 18.0 Å². The highest BCUT2D eigenvalue weighted by Crippen LogP contribution is 2.37. The van der Waals surface area contributed by atoms with E-state index in [2.05, 4.69) is 30.8 Å². The Kier molecular flexibility index (Phi) is 7.67. The molecule has 0 atom stereocenters. The molecule has 3 aromatic carbocycles. The lowest BCUT2D eigenvalue weighted by Crippen LogP contribution is -2.20. The van der Waals surface area contributed by atoms with E-state index in [0.717, 1.165) is 5.39 Å². The van der Waals surface area contributed by atoms with Crippen LogP contribution in [0, 0.1) is 0 Å². The van der Waals surface area contributed by atoms with Crippen molar-refractivity contribution in [3.8, 4) is 23.1 Å². The number of rotatable bonds is 8. The van der Waals surface area contributed by atoms with Crippen LogP contribution in [0.1, 0.15) is 12.5 Å². The van der Waals surface area contributed by atoms with Gasteiger partial charge in [-0.1, -0.05) is 23.7 Å². The highest BCUT2D eigenvalue weighted by Gasteiger charge is 2.18. The minimum atomic E-state index is -0.529. The molecular formula is C28H21BrClN3O6. The minimum Gasteiger partial charge on any atom is -0.490 e. The second-order valence-corrected chi connectivity index (χ2v) is 9.53. The van der Waals surface area contributed by atoms with Gasteiger partial charge in [0.1, 0.15) is 5.58 Å². The molecule has 0 aliphatic heterocycles. The number of hydrogen-bond acceptors (Lipinski definition) is 8. The van der Waals surface area contributed by atoms with Crippen molar-refractivity contribution in [3.05, 3.63) is 86.1 Å². The zero-order chi connectivity index (χ0) is 27.5. The third-order valence-electron chi connectivity index (χ3n) is 5.67. The van der Waals surface area contributed by atoms with Gasteiger partial charge in [0.15, 0.2) is 23.9 Å². The molecule has 39 heavy (non-hydrogen) atoms. The zero-order valence-corrected chi connectivity index (χ0v) is 23.2. The van der Waals surface area contributed by atoms with E-state index in [1.807, 2.05) is 6.92 Å². The van der Waals surface area contributed by atoms with Crippen LogP contribution < -0.4 is 15.0 Å². The Morgan fingerprint density at radius 2 is 1.97 bits per heavy atom. The normalized spacial score (nSPS) is 11.4. The summed E-state index contributed by atoms with van der Waals surface area (Å²) in [5, 5.41) is 6.22. The van der Waals surface area contributed by atoms with E-state index in [0.29, 0.717) is 55.4 Å². The average Bonchev–Trinajstić information content (AvgIpc) is 3.35. The number of esters is 1. The van der Waals surface area contributed by atoms with Crippen molar-refractivity contribution in [3.63, 3.8) is 0 Å². The van der Waals surface area contributed by atoms with Gasteiger partial charge in [0.25, 0.3) is 5.56 Å². The van der Waals surface area contributed by atoms with E-state index >= 15 is 0 Å². The Balaban J connectivity index is 1.61. The zero-order valence-electron chi connectivity index (χ0n) is 20.8. The third-order valence-corrected chi connectivity index (χ3v) is 6.49. The fraction of sp³-hybridized carbons (Fsp3) is 0.143. The fourth-order valence-corrected chi connectivity index (χ4v) is 4.65. The summed E-state index contributed by atoms with van der Waals surface area (Å²) in [6.07, 6.45) is 1.50. The molecule has 0 aliphatic rings. The highest BCUT2D eigenvalue weighted by atomic mass is 79.9. The number of para-hydroxylation sites is 1. The number of hydrogen-bond donors (Lipinski definition) is 0. The summed E-state index contributed by atoms with van der Waals surface area (Å²) in [4.78, 5) is 29.8. The summed E-state index contributed by atoms with van der Waals surface area (Å²) in [5.74, 6) is 0.777. The first-order valence-corrected chi connectivity index (χ1v) is 13.0. The molecule has 0 saturated carbocycles. The molecule has 0 unspecified atom stereocenters. The van der Waals surface area contributed by atoms with Gasteiger partial charge in [-0.25, -0.2) is 9.78 Å². The third kappa shape index (κ3) is 5.52. The Hall–Kier alpha value is -4.15. The van der Waals surface area contributed by atoms with Crippen LogP contribution in [0.4, 0.5) is 0 Å². The Labute approximate surface area is 235 Å². The smallest absolute Gasteiger partial charge is 0.343 e. The first-order chi connectivity index (χ1) is 18.9. The van der Waals surface area contributed by atoms with Crippen LogP contribution in [0.5, 0.6) is 11.5 Å². The van der Waals surface area contributed by atoms with Gasteiger partial charge in [0.2, 0.25) is 5.82 Å².